The maximum Gasteiger partial charge on any atom is 0.305 e. The average molecular weight is 246 g/mol. The van der Waals surface area contributed by atoms with Crippen LogP contribution in [0.5, 0.6) is 0 Å². The summed E-state index contributed by atoms with van der Waals surface area (Å²) in [5.74, 6) is -0.758. The number of nitrogens with one attached hydrogen (secondary N) is 1. The van der Waals surface area contributed by atoms with Gasteiger partial charge in [-0.15, -0.1) is 0 Å². The minimum Gasteiger partial charge on any atom is -0.481 e. The molecule has 1 aliphatic heterocycles. The van der Waals surface area contributed by atoms with Crippen molar-refractivity contribution in [1.29, 1.82) is 0 Å². The molecule has 0 atom stereocenters. The minimum absolute atomic E-state index is 0.160. The highest BCUT2D eigenvalue weighted by Crippen LogP contribution is 2.24. The second kappa shape index (κ2) is 6.90. The molecule has 1 saturated heterocycles. The van der Waals surface area contributed by atoms with Gasteiger partial charge in [0, 0.05) is 40.4 Å². The normalized spacial score (nSPS) is 18.1. The van der Waals surface area contributed by atoms with E-state index in [-0.39, 0.29) is 12.0 Å². The first-order valence-electron chi connectivity index (χ1n) is 5.80. The van der Waals surface area contributed by atoms with Crippen LogP contribution in [0.25, 0.3) is 0 Å². The van der Waals surface area contributed by atoms with E-state index in [1.54, 1.807) is 14.2 Å². The number of nitrogens with zero attached hydrogens (tertiary/aromatic N) is 1. The lowest BCUT2D eigenvalue weighted by Gasteiger charge is -2.50. The van der Waals surface area contributed by atoms with Gasteiger partial charge >= 0.3 is 5.97 Å². The van der Waals surface area contributed by atoms with Gasteiger partial charge < -0.3 is 19.9 Å². The predicted molar refractivity (Wildman–Crippen MR) is 63.2 cm³/mol. The van der Waals surface area contributed by atoms with Crippen molar-refractivity contribution < 1.29 is 19.4 Å². The molecule has 0 bridgehead atoms. The lowest BCUT2D eigenvalue weighted by Crippen LogP contribution is -2.70. The zero-order valence-corrected chi connectivity index (χ0v) is 10.6. The number of hydrogen-bond donors (Lipinski definition) is 2. The van der Waals surface area contributed by atoms with Crippen molar-refractivity contribution in [2.75, 3.05) is 53.6 Å². The van der Waals surface area contributed by atoms with Crippen molar-refractivity contribution in [3.05, 3.63) is 0 Å². The van der Waals surface area contributed by atoms with Crippen molar-refractivity contribution in [3.63, 3.8) is 0 Å². The summed E-state index contributed by atoms with van der Waals surface area (Å²) in [4.78, 5) is 13.1. The van der Waals surface area contributed by atoms with Gasteiger partial charge in [-0.2, -0.15) is 0 Å². The highest BCUT2D eigenvalue weighted by molar-refractivity contribution is 5.68. The Kier molecular flexibility index (Phi) is 5.84. The molecule has 0 amide bonds. The van der Waals surface area contributed by atoms with Gasteiger partial charge in [0.25, 0.3) is 0 Å². The summed E-state index contributed by atoms with van der Waals surface area (Å²) in [6, 6.07) is 0. The molecular weight excluding hydrogens is 224 g/mol. The third-order valence-electron chi connectivity index (χ3n) is 3.19. The van der Waals surface area contributed by atoms with Gasteiger partial charge in [0.1, 0.15) is 0 Å². The van der Waals surface area contributed by atoms with Crippen LogP contribution < -0.4 is 5.32 Å². The first-order chi connectivity index (χ1) is 8.14. The van der Waals surface area contributed by atoms with E-state index in [4.69, 9.17) is 14.6 Å². The molecule has 0 aromatic carbocycles. The second-order valence-corrected chi connectivity index (χ2v) is 4.37. The lowest BCUT2D eigenvalue weighted by molar-refractivity contribution is -0.142. The number of hydrogen-bond acceptors (Lipinski definition) is 5. The molecule has 0 unspecified atom stereocenters. The van der Waals surface area contributed by atoms with Crippen molar-refractivity contribution >= 4 is 5.97 Å². The van der Waals surface area contributed by atoms with E-state index in [0.717, 1.165) is 13.1 Å². The summed E-state index contributed by atoms with van der Waals surface area (Å²) in [6.07, 6.45) is 0.160. The molecule has 6 heteroatoms. The molecule has 0 aromatic heterocycles. The number of methoxy groups -OCH3 is 2. The van der Waals surface area contributed by atoms with E-state index in [9.17, 15) is 4.79 Å². The third-order valence-corrected chi connectivity index (χ3v) is 3.19. The molecule has 0 aromatic rings. The molecule has 2 N–H and O–H groups in total. The van der Waals surface area contributed by atoms with Crippen LogP contribution in [0.15, 0.2) is 0 Å². The molecule has 1 fully saturated rings. The Morgan fingerprint density at radius 1 is 1.29 bits per heavy atom. The molecule has 0 saturated carbocycles. The molecule has 1 rings (SSSR count). The fourth-order valence-electron chi connectivity index (χ4n) is 2.14. The monoisotopic (exact) mass is 246 g/mol. The smallest absolute Gasteiger partial charge is 0.305 e. The lowest BCUT2D eigenvalue weighted by atomic mass is 9.86. The fourth-order valence-corrected chi connectivity index (χ4v) is 2.14. The van der Waals surface area contributed by atoms with Crippen LogP contribution >= 0.6 is 0 Å². The molecule has 17 heavy (non-hydrogen) atoms. The Morgan fingerprint density at radius 3 is 2.12 bits per heavy atom. The van der Waals surface area contributed by atoms with E-state index >= 15 is 0 Å². The Labute approximate surface area is 102 Å². The van der Waals surface area contributed by atoms with Gasteiger partial charge in [-0.3, -0.25) is 9.69 Å². The van der Waals surface area contributed by atoms with E-state index in [2.05, 4.69) is 10.2 Å². The van der Waals surface area contributed by atoms with E-state index < -0.39 is 5.97 Å². The number of carbonyl (C=O) groups is 1. The number of rotatable bonds is 9. The second-order valence-electron chi connectivity index (χ2n) is 4.37. The van der Waals surface area contributed by atoms with E-state index in [0.29, 0.717) is 26.3 Å². The molecule has 100 valence electrons. The van der Waals surface area contributed by atoms with E-state index in [1.807, 2.05) is 0 Å². The van der Waals surface area contributed by atoms with Gasteiger partial charge in [0.15, 0.2) is 0 Å². The average Bonchev–Trinajstić information content (AvgIpc) is 2.24. The van der Waals surface area contributed by atoms with Crippen molar-refractivity contribution in [2.45, 2.75) is 12.0 Å². The van der Waals surface area contributed by atoms with Crippen LogP contribution in [-0.4, -0.2) is 75.1 Å². The van der Waals surface area contributed by atoms with Crippen LogP contribution in [0.4, 0.5) is 0 Å². The topological polar surface area (TPSA) is 71.0 Å². The maximum absolute atomic E-state index is 10.9. The Hall–Kier alpha value is -0.690. The molecule has 0 aliphatic carbocycles. The van der Waals surface area contributed by atoms with Crippen LogP contribution in [0.1, 0.15) is 6.42 Å². The summed E-state index contributed by atoms with van der Waals surface area (Å²) < 4.78 is 10.1. The summed E-state index contributed by atoms with van der Waals surface area (Å²) in [6.45, 7) is 4.10. The fraction of sp³-hybridized carbons (Fsp3) is 0.909. The van der Waals surface area contributed by atoms with Crippen LogP contribution in [-0.2, 0) is 14.3 Å². The predicted octanol–water partition coefficient (Wildman–Crippen LogP) is -0.602. The van der Waals surface area contributed by atoms with Crippen molar-refractivity contribution in [2.24, 2.45) is 0 Å². The van der Waals surface area contributed by atoms with Gasteiger partial charge in [-0.05, 0) is 0 Å². The number of aliphatic carboxylic acids is 1. The Bertz CT molecular complexity index is 236. The highest BCUT2D eigenvalue weighted by Gasteiger charge is 2.43. The summed E-state index contributed by atoms with van der Waals surface area (Å²) in [5, 5.41) is 12.2. The standard InChI is InChI=1S/C11H22N2O4/c1-16-5-3-13(4-6-17-2)11(7-10(14)15)8-12-9-11/h12H,3-9H2,1-2H3,(H,14,15). The van der Waals surface area contributed by atoms with Gasteiger partial charge in [-0.1, -0.05) is 0 Å². The van der Waals surface area contributed by atoms with Crippen LogP contribution in [0.3, 0.4) is 0 Å². The molecule has 1 aliphatic rings. The summed E-state index contributed by atoms with van der Waals surface area (Å²) in [5.41, 5.74) is -0.275. The van der Waals surface area contributed by atoms with Gasteiger partial charge in [0.2, 0.25) is 0 Å². The van der Waals surface area contributed by atoms with Crippen LogP contribution in [0, 0.1) is 0 Å². The maximum atomic E-state index is 10.9. The van der Waals surface area contributed by atoms with Crippen molar-refractivity contribution in [3.8, 4) is 0 Å². The van der Waals surface area contributed by atoms with Crippen LogP contribution in [0.2, 0.25) is 0 Å². The molecule has 0 spiro atoms. The first kappa shape index (κ1) is 14.4. The van der Waals surface area contributed by atoms with Crippen molar-refractivity contribution in [1.82, 2.24) is 10.2 Å². The zero-order chi connectivity index (χ0) is 12.7. The number of carboxylic acid groups (broad SMARTS) is 1. The molecule has 0 radical (unpaired) electrons. The summed E-state index contributed by atoms with van der Waals surface area (Å²) in [7, 11) is 3.30. The number of ether oxygens (including phenoxy) is 2. The van der Waals surface area contributed by atoms with Gasteiger partial charge in [-0.25, -0.2) is 0 Å². The highest BCUT2D eigenvalue weighted by atomic mass is 16.5. The Balaban J connectivity index is 2.59. The minimum atomic E-state index is -0.758. The quantitative estimate of drug-likeness (QED) is 0.566. The molecular formula is C11H22N2O4. The molecule has 6 nitrogen and oxygen atoms in total. The largest absolute Gasteiger partial charge is 0.481 e. The molecule has 1 heterocycles. The third kappa shape index (κ3) is 3.92. The Morgan fingerprint density at radius 2 is 1.82 bits per heavy atom. The first-order valence-corrected chi connectivity index (χ1v) is 5.80. The zero-order valence-electron chi connectivity index (χ0n) is 10.6. The summed E-state index contributed by atoms with van der Waals surface area (Å²) >= 11 is 0. The SMILES string of the molecule is COCCN(CCOC)C1(CC(=O)O)CNC1. The van der Waals surface area contributed by atoms with Gasteiger partial charge in [0.05, 0.1) is 25.2 Å². The van der Waals surface area contributed by atoms with E-state index in [1.165, 1.54) is 0 Å². The number of carboxylic acids is 1.